The first-order chi connectivity index (χ1) is 14.8. The summed E-state index contributed by atoms with van der Waals surface area (Å²) >= 11 is 12.4. The average Bonchev–Trinajstić information content (AvgIpc) is 3.01. The second kappa shape index (κ2) is 9.90. The number of methoxy groups -OCH3 is 2. The summed E-state index contributed by atoms with van der Waals surface area (Å²) in [6.07, 6.45) is 1.78. The SMILES string of the molecule is COc1ccc(CC(=O)N/N=C\c2cc(C)n(-c3ccc(Cl)cc3Cl)c2C)cc1OC. The molecule has 0 bridgehead atoms. The van der Waals surface area contributed by atoms with Crippen molar-refractivity contribution in [2.45, 2.75) is 20.3 Å². The van der Waals surface area contributed by atoms with Crippen LogP contribution >= 0.6 is 23.2 Å². The van der Waals surface area contributed by atoms with Crippen LogP contribution in [0, 0.1) is 13.8 Å². The van der Waals surface area contributed by atoms with Crippen LogP contribution in [0.1, 0.15) is 22.5 Å². The number of nitrogens with one attached hydrogen (secondary N) is 1. The fourth-order valence-electron chi connectivity index (χ4n) is 3.34. The molecule has 1 N–H and O–H groups in total. The van der Waals surface area contributed by atoms with Crippen LogP contribution in [0.15, 0.2) is 47.6 Å². The van der Waals surface area contributed by atoms with Gasteiger partial charge in [0.25, 0.3) is 0 Å². The second-order valence-electron chi connectivity index (χ2n) is 6.92. The number of ether oxygens (including phenoxy) is 2. The molecule has 0 saturated carbocycles. The van der Waals surface area contributed by atoms with Gasteiger partial charge in [-0.2, -0.15) is 5.10 Å². The first-order valence-electron chi connectivity index (χ1n) is 9.51. The van der Waals surface area contributed by atoms with Crippen molar-refractivity contribution in [2.75, 3.05) is 14.2 Å². The Hall–Kier alpha value is -2.96. The van der Waals surface area contributed by atoms with Crippen LogP contribution < -0.4 is 14.9 Å². The molecule has 0 aliphatic rings. The molecule has 0 aliphatic carbocycles. The fraction of sp³-hybridized carbons (Fsp3) is 0.217. The van der Waals surface area contributed by atoms with Gasteiger partial charge in [-0.3, -0.25) is 4.79 Å². The number of carbonyl (C=O) groups is 1. The number of hydrogen-bond donors (Lipinski definition) is 1. The summed E-state index contributed by atoms with van der Waals surface area (Å²) in [5.41, 5.74) is 6.99. The van der Waals surface area contributed by atoms with Gasteiger partial charge in [0.2, 0.25) is 5.91 Å². The first-order valence-corrected chi connectivity index (χ1v) is 10.3. The minimum atomic E-state index is -0.238. The lowest BCUT2D eigenvalue weighted by molar-refractivity contribution is -0.120. The number of hydrogen-bond acceptors (Lipinski definition) is 4. The van der Waals surface area contributed by atoms with Crippen LogP contribution in [0.25, 0.3) is 5.69 Å². The first kappa shape index (κ1) is 22.7. The molecular weight excluding hydrogens is 437 g/mol. The van der Waals surface area contributed by atoms with Crippen molar-refractivity contribution < 1.29 is 14.3 Å². The zero-order valence-corrected chi connectivity index (χ0v) is 19.2. The minimum absolute atomic E-state index is 0.164. The summed E-state index contributed by atoms with van der Waals surface area (Å²) in [7, 11) is 3.12. The van der Waals surface area contributed by atoms with E-state index in [9.17, 15) is 4.79 Å². The Morgan fingerprint density at radius 3 is 2.48 bits per heavy atom. The van der Waals surface area contributed by atoms with Gasteiger partial charge in [-0.1, -0.05) is 29.3 Å². The molecule has 0 unspecified atom stereocenters. The van der Waals surface area contributed by atoms with Crippen LogP contribution in [-0.4, -0.2) is 30.9 Å². The summed E-state index contributed by atoms with van der Waals surface area (Å²) in [6.45, 7) is 3.94. The number of nitrogens with zero attached hydrogens (tertiary/aromatic N) is 2. The number of benzene rings is 2. The van der Waals surface area contributed by atoms with Gasteiger partial charge in [-0.15, -0.1) is 0 Å². The molecule has 162 valence electrons. The zero-order valence-electron chi connectivity index (χ0n) is 17.7. The quantitative estimate of drug-likeness (QED) is 0.394. The standard InChI is InChI=1S/C23H23Cl2N3O3/c1-14-9-17(15(2)28(14)20-7-6-18(24)12-19(20)25)13-26-27-23(29)11-16-5-8-21(30-3)22(10-16)31-4/h5-10,12-13H,11H2,1-4H3,(H,27,29)/b26-13-. The highest BCUT2D eigenvalue weighted by Gasteiger charge is 2.13. The molecule has 8 heteroatoms. The van der Waals surface area contributed by atoms with Crippen molar-refractivity contribution in [1.82, 2.24) is 9.99 Å². The van der Waals surface area contributed by atoms with E-state index in [4.69, 9.17) is 32.7 Å². The average molecular weight is 460 g/mol. The predicted molar refractivity (Wildman–Crippen MR) is 124 cm³/mol. The molecule has 2 aromatic carbocycles. The number of rotatable bonds is 7. The molecule has 3 rings (SSSR count). The van der Waals surface area contributed by atoms with Gasteiger partial charge >= 0.3 is 0 Å². The molecule has 0 atom stereocenters. The Morgan fingerprint density at radius 2 is 1.81 bits per heavy atom. The summed E-state index contributed by atoms with van der Waals surface area (Å²) in [6, 6.07) is 12.7. The van der Waals surface area contributed by atoms with Crippen molar-refractivity contribution in [3.05, 3.63) is 75.0 Å². The van der Waals surface area contributed by atoms with Crippen molar-refractivity contribution >= 4 is 35.3 Å². The molecule has 1 heterocycles. The molecule has 0 spiro atoms. The highest BCUT2D eigenvalue weighted by atomic mass is 35.5. The van der Waals surface area contributed by atoms with E-state index in [2.05, 4.69) is 10.5 Å². The van der Waals surface area contributed by atoms with Crippen LogP contribution in [-0.2, 0) is 11.2 Å². The Kier molecular flexibility index (Phi) is 7.25. The molecule has 1 aromatic heterocycles. The smallest absolute Gasteiger partial charge is 0.244 e. The maximum Gasteiger partial charge on any atom is 0.244 e. The molecule has 1 amide bonds. The molecule has 0 aliphatic heterocycles. The lowest BCUT2D eigenvalue weighted by atomic mass is 10.1. The van der Waals surface area contributed by atoms with Crippen molar-refractivity contribution in [2.24, 2.45) is 5.10 Å². The number of amides is 1. The van der Waals surface area contributed by atoms with Crippen molar-refractivity contribution in [3.8, 4) is 17.2 Å². The summed E-state index contributed by atoms with van der Waals surface area (Å²) < 4.78 is 12.5. The third kappa shape index (κ3) is 5.21. The Bertz CT molecular complexity index is 1140. The molecule has 31 heavy (non-hydrogen) atoms. The van der Waals surface area contributed by atoms with Gasteiger partial charge < -0.3 is 14.0 Å². The summed E-state index contributed by atoms with van der Waals surface area (Å²) in [5, 5.41) is 5.25. The maximum absolute atomic E-state index is 12.3. The van der Waals surface area contributed by atoms with E-state index in [0.717, 1.165) is 28.2 Å². The van der Waals surface area contributed by atoms with Crippen LogP contribution in [0.4, 0.5) is 0 Å². The fourth-order valence-corrected chi connectivity index (χ4v) is 3.83. The number of carbonyl (C=O) groups excluding carboxylic acids is 1. The lowest BCUT2D eigenvalue weighted by Gasteiger charge is -2.11. The lowest BCUT2D eigenvalue weighted by Crippen LogP contribution is -2.19. The minimum Gasteiger partial charge on any atom is -0.493 e. The Labute approximate surface area is 191 Å². The molecular formula is C23H23Cl2N3O3. The molecule has 3 aromatic rings. The third-order valence-corrected chi connectivity index (χ3v) is 5.36. The topological polar surface area (TPSA) is 64.8 Å². The Balaban J connectivity index is 1.71. The van der Waals surface area contributed by atoms with E-state index in [1.54, 1.807) is 44.7 Å². The van der Waals surface area contributed by atoms with Crippen LogP contribution in [0.3, 0.4) is 0 Å². The monoisotopic (exact) mass is 459 g/mol. The number of hydrazone groups is 1. The van der Waals surface area contributed by atoms with Crippen LogP contribution in [0.5, 0.6) is 11.5 Å². The largest absolute Gasteiger partial charge is 0.493 e. The highest BCUT2D eigenvalue weighted by Crippen LogP contribution is 2.29. The van der Waals surface area contributed by atoms with Gasteiger partial charge in [0.05, 0.1) is 37.6 Å². The molecule has 6 nitrogen and oxygen atoms in total. The normalized spacial score (nSPS) is 11.0. The van der Waals surface area contributed by atoms with E-state index in [-0.39, 0.29) is 12.3 Å². The molecule has 0 radical (unpaired) electrons. The summed E-state index contributed by atoms with van der Waals surface area (Å²) in [5.74, 6) is 0.948. The van der Waals surface area contributed by atoms with Gasteiger partial charge in [0, 0.05) is 22.0 Å². The van der Waals surface area contributed by atoms with E-state index in [1.807, 2.05) is 36.6 Å². The Morgan fingerprint density at radius 1 is 1.06 bits per heavy atom. The van der Waals surface area contributed by atoms with Gasteiger partial charge in [-0.05, 0) is 55.8 Å². The van der Waals surface area contributed by atoms with E-state index < -0.39 is 0 Å². The van der Waals surface area contributed by atoms with E-state index in [0.29, 0.717) is 21.5 Å². The van der Waals surface area contributed by atoms with Gasteiger partial charge in [0.15, 0.2) is 11.5 Å². The van der Waals surface area contributed by atoms with E-state index in [1.165, 1.54) is 0 Å². The van der Waals surface area contributed by atoms with E-state index >= 15 is 0 Å². The highest BCUT2D eigenvalue weighted by molar-refractivity contribution is 6.35. The van der Waals surface area contributed by atoms with Gasteiger partial charge in [-0.25, -0.2) is 5.43 Å². The molecule has 0 fully saturated rings. The summed E-state index contributed by atoms with van der Waals surface area (Å²) in [4.78, 5) is 12.3. The van der Waals surface area contributed by atoms with Crippen LogP contribution in [0.2, 0.25) is 10.0 Å². The third-order valence-electron chi connectivity index (χ3n) is 4.83. The second-order valence-corrected chi connectivity index (χ2v) is 7.76. The maximum atomic E-state index is 12.3. The van der Waals surface area contributed by atoms with Crippen molar-refractivity contribution in [1.29, 1.82) is 0 Å². The zero-order chi connectivity index (χ0) is 22.5. The number of halogens is 2. The number of aryl methyl sites for hydroxylation is 1. The predicted octanol–water partition coefficient (Wildman–Crippen LogP) is 5.11. The molecule has 0 saturated heterocycles. The van der Waals surface area contributed by atoms with Crippen molar-refractivity contribution in [3.63, 3.8) is 0 Å². The number of aromatic nitrogens is 1. The van der Waals surface area contributed by atoms with Gasteiger partial charge in [0.1, 0.15) is 0 Å².